The standard InChI is InChI=1S/C18H25N3OS/c1-13-7-6-10-21(11-13)12-17(22)20(3)14(2)18-19-15-8-4-5-9-16(15)23-18/h4-5,8-9,13-14H,6-7,10-12H2,1-3H3/t13-,14-/m0/s1. The zero-order chi connectivity index (χ0) is 16.4. The number of likely N-dealkylation sites (tertiary alicyclic amines) is 1. The molecule has 5 heteroatoms. The van der Waals surface area contributed by atoms with Crippen LogP contribution in [0.4, 0.5) is 0 Å². The van der Waals surface area contributed by atoms with Gasteiger partial charge in [-0.15, -0.1) is 11.3 Å². The van der Waals surface area contributed by atoms with Crippen molar-refractivity contribution in [3.8, 4) is 0 Å². The number of rotatable bonds is 4. The van der Waals surface area contributed by atoms with Crippen LogP contribution in [0.3, 0.4) is 0 Å². The minimum absolute atomic E-state index is 0.0158. The summed E-state index contributed by atoms with van der Waals surface area (Å²) in [5.41, 5.74) is 1.02. The Kier molecular flexibility index (Phi) is 4.97. The summed E-state index contributed by atoms with van der Waals surface area (Å²) in [4.78, 5) is 21.4. The lowest BCUT2D eigenvalue weighted by Gasteiger charge is -2.32. The Morgan fingerprint density at radius 3 is 3.00 bits per heavy atom. The van der Waals surface area contributed by atoms with Gasteiger partial charge in [0.2, 0.25) is 5.91 Å². The molecule has 0 bridgehead atoms. The number of nitrogens with zero attached hydrogens (tertiary/aromatic N) is 3. The number of amides is 1. The van der Waals surface area contributed by atoms with Crippen LogP contribution < -0.4 is 0 Å². The van der Waals surface area contributed by atoms with Crippen LogP contribution >= 0.6 is 11.3 Å². The number of fused-ring (bicyclic) bond motifs is 1. The molecule has 1 amide bonds. The van der Waals surface area contributed by atoms with E-state index in [-0.39, 0.29) is 11.9 Å². The minimum Gasteiger partial charge on any atom is -0.335 e. The van der Waals surface area contributed by atoms with Gasteiger partial charge in [-0.2, -0.15) is 0 Å². The van der Waals surface area contributed by atoms with Crippen LogP contribution in [0.15, 0.2) is 24.3 Å². The molecule has 0 unspecified atom stereocenters. The summed E-state index contributed by atoms with van der Waals surface area (Å²) in [5.74, 6) is 0.884. The Balaban J connectivity index is 1.66. The molecule has 0 spiro atoms. The quantitative estimate of drug-likeness (QED) is 0.860. The summed E-state index contributed by atoms with van der Waals surface area (Å²) in [7, 11) is 1.90. The summed E-state index contributed by atoms with van der Waals surface area (Å²) in [5, 5.41) is 1.01. The molecule has 0 N–H and O–H groups in total. The number of aromatic nitrogens is 1. The summed E-state index contributed by atoms with van der Waals surface area (Å²) in [6, 6.07) is 8.16. The van der Waals surface area contributed by atoms with E-state index in [0.717, 1.165) is 23.6 Å². The first kappa shape index (κ1) is 16.4. The number of carbonyl (C=O) groups excluding carboxylic acids is 1. The van der Waals surface area contributed by atoms with E-state index in [4.69, 9.17) is 0 Å². The molecule has 4 nitrogen and oxygen atoms in total. The predicted octanol–water partition coefficient (Wildman–Crippen LogP) is 3.55. The molecule has 0 saturated carbocycles. The van der Waals surface area contributed by atoms with Crippen molar-refractivity contribution in [2.75, 3.05) is 26.7 Å². The van der Waals surface area contributed by atoms with Crippen LogP contribution in [0.5, 0.6) is 0 Å². The molecule has 0 radical (unpaired) electrons. The molecule has 1 aliphatic rings. The van der Waals surface area contributed by atoms with E-state index in [2.05, 4.69) is 29.8 Å². The van der Waals surface area contributed by atoms with Crippen LogP contribution in [0.25, 0.3) is 10.2 Å². The van der Waals surface area contributed by atoms with Gasteiger partial charge in [-0.25, -0.2) is 4.98 Å². The number of hydrogen-bond donors (Lipinski definition) is 0. The van der Waals surface area contributed by atoms with Gasteiger partial charge in [-0.3, -0.25) is 9.69 Å². The van der Waals surface area contributed by atoms with Crippen molar-refractivity contribution >= 4 is 27.5 Å². The second-order valence-electron chi connectivity index (χ2n) is 6.68. The second-order valence-corrected chi connectivity index (χ2v) is 7.75. The molecule has 2 aromatic rings. The van der Waals surface area contributed by atoms with Gasteiger partial charge in [-0.1, -0.05) is 19.1 Å². The highest BCUT2D eigenvalue weighted by atomic mass is 32.1. The second kappa shape index (κ2) is 6.97. The van der Waals surface area contributed by atoms with Gasteiger partial charge in [0.15, 0.2) is 0 Å². The van der Waals surface area contributed by atoms with E-state index in [1.807, 2.05) is 30.1 Å². The molecule has 2 atom stereocenters. The molecular weight excluding hydrogens is 306 g/mol. The largest absolute Gasteiger partial charge is 0.335 e. The third kappa shape index (κ3) is 3.72. The van der Waals surface area contributed by atoms with E-state index < -0.39 is 0 Å². The van der Waals surface area contributed by atoms with E-state index in [1.165, 1.54) is 17.5 Å². The average molecular weight is 331 g/mol. The molecule has 1 saturated heterocycles. The SMILES string of the molecule is C[C@H]1CCCN(CC(=O)N(C)[C@@H](C)c2nc3ccccc3s2)C1. The monoisotopic (exact) mass is 331 g/mol. The van der Waals surface area contributed by atoms with Crippen molar-refractivity contribution in [1.82, 2.24) is 14.8 Å². The van der Waals surface area contributed by atoms with Crippen molar-refractivity contribution in [3.63, 3.8) is 0 Å². The number of likely N-dealkylation sites (N-methyl/N-ethyl adjacent to an activating group) is 1. The van der Waals surface area contributed by atoms with E-state index in [0.29, 0.717) is 12.5 Å². The lowest BCUT2D eigenvalue weighted by atomic mass is 10.0. The van der Waals surface area contributed by atoms with Gasteiger partial charge < -0.3 is 4.90 Å². The number of piperidine rings is 1. The highest BCUT2D eigenvalue weighted by Gasteiger charge is 2.24. The summed E-state index contributed by atoms with van der Waals surface area (Å²) in [6.45, 7) is 6.93. The van der Waals surface area contributed by atoms with Crippen molar-refractivity contribution in [1.29, 1.82) is 0 Å². The number of thiazole rings is 1. The molecule has 2 heterocycles. The highest BCUT2D eigenvalue weighted by Crippen LogP contribution is 2.29. The maximum Gasteiger partial charge on any atom is 0.237 e. The smallest absolute Gasteiger partial charge is 0.237 e. The van der Waals surface area contributed by atoms with Gasteiger partial charge >= 0.3 is 0 Å². The zero-order valence-electron chi connectivity index (χ0n) is 14.2. The van der Waals surface area contributed by atoms with E-state index in [9.17, 15) is 4.79 Å². The zero-order valence-corrected chi connectivity index (χ0v) is 15.0. The first-order valence-electron chi connectivity index (χ1n) is 8.38. The Morgan fingerprint density at radius 1 is 1.48 bits per heavy atom. The van der Waals surface area contributed by atoms with Gasteiger partial charge in [0.05, 0.1) is 22.8 Å². The van der Waals surface area contributed by atoms with Gasteiger partial charge in [0, 0.05) is 13.6 Å². The third-order valence-electron chi connectivity index (χ3n) is 4.74. The summed E-state index contributed by atoms with van der Waals surface area (Å²) in [6.07, 6.45) is 2.48. The summed E-state index contributed by atoms with van der Waals surface area (Å²) >= 11 is 1.68. The van der Waals surface area contributed by atoms with E-state index in [1.54, 1.807) is 11.3 Å². The lowest BCUT2D eigenvalue weighted by molar-refractivity contribution is -0.133. The topological polar surface area (TPSA) is 36.4 Å². The maximum atomic E-state index is 12.6. The molecule has 124 valence electrons. The Labute approximate surface area is 142 Å². The van der Waals surface area contributed by atoms with Crippen molar-refractivity contribution < 1.29 is 4.79 Å². The molecule has 1 aromatic heterocycles. The number of carbonyl (C=O) groups is 1. The molecule has 1 fully saturated rings. The Morgan fingerprint density at radius 2 is 2.26 bits per heavy atom. The van der Waals surface area contributed by atoms with Crippen LogP contribution in [-0.2, 0) is 4.79 Å². The average Bonchev–Trinajstić information content (AvgIpc) is 2.97. The van der Waals surface area contributed by atoms with E-state index >= 15 is 0 Å². The lowest BCUT2D eigenvalue weighted by Crippen LogP contribution is -2.43. The van der Waals surface area contributed by atoms with Crippen LogP contribution in [0, 0.1) is 5.92 Å². The van der Waals surface area contributed by atoms with Crippen molar-refractivity contribution in [2.24, 2.45) is 5.92 Å². The van der Waals surface area contributed by atoms with Crippen molar-refractivity contribution in [3.05, 3.63) is 29.3 Å². The Hall–Kier alpha value is -1.46. The van der Waals surface area contributed by atoms with Gasteiger partial charge in [0.25, 0.3) is 0 Å². The van der Waals surface area contributed by atoms with Crippen LogP contribution in [0.2, 0.25) is 0 Å². The van der Waals surface area contributed by atoms with Crippen LogP contribution in [0.1, 0.15) is 37.7 Å². The number of benzene rings is 1. The normalized spacial score (nSPS) is 20.6. The number of hydrogen-bond acceptors (Lipinski definition) is 4. The fourth-order valence-electron chi connectivity index (χ4n) is 3.18. The van der Waals surface area contributed by atoms with Gasteiger partial charge in [0.1, 0.15) is 5.01 Å². The molecule has 3 rings (SSSR count). The fraction of sp³-hybridized carbons (Fsp3) is 0.556. The van der Waals surface area contributed by atoms with Gasteiger partial charge in [-0.05, 0) is 44.4 Å². The third-order valence-corrected chi connectivity index (χ3v) is 5.95. The molecule has 1 aromatic carbocycles. The molecule has 23 heavy (non-hydrogen) atoms. The van der Waals surface area contributed by atoms with Crippen molar-refractivity contribution in [2.45, 2.75) is 32.7 Å². The minimum atomic E-state index is 0.0158. The summed E-state index contributed by atoms with van der Waals surface area (Å²) < 4.78 is 1.18. The fourth-order valence-corrected chi connectivity index (χ4v) is 4.25. The molecule has 1 aliphatic heterocycles. The number of para-hydroxylation sites is 1. The molecular formula is C18H25N3OS. The van der Waals surface area contributed by atoms with Crippen LogP contribution in [-0.4, -0.2) is 47.4 Å². The first-order chi connectivity index (χ1) is 11.0. The first-order valence-corrected chi connectivity index (χ1v) is 9.19. The maximum absolute atomic E-state index is 12.6. The predicted molar refractivity (Wildman–Crippen MR) is 95.6 cm³/mol. The highest BCUT2D eigenvalue weighted by molar-refractivity contribution is 7.18. The Bertz CT molecular complexity index is 651. The molecule has 0 aliphatic carbocycles.